The van der Waals surface area contributed by atoms with Gasteiger partial charge in [0.2, 0.25) is 5.91 Å². The molecule has 1 amide bonds. The highest BCUT2D eigenvalue weighted by Crippen LogP contribution is 2.23. The van der Waals surface area contributed by atoms with Crippen molar-refractivity contribution in [2.45, 2.75) is 13.0 Å². The molecule has 1 aromatic heterocycles. The molecule has 0 aliphatic rings. The molecular weight excluding hydrogens is 240 g/mol. The van der Waals surface area contributed by atoms with Gasteiger partial charge in [-0.3, -0.25) is 4.79 Å². The molecule has 0 aliphatic carbocycles. The molecule has 2 aromatic rings. The Morgan fingerprint density at radius 2 is 2.26 bits per heavy atom. The van der Waals surface area contributed by atoms with E-state index < -0.39 is 0 Å². The average molecular weight is 258 g/mol. The van der Waals surface area contributed by atoms with Crippen LogP contribution in [0.5, 0.6) is 0 Å². The van der Waals surface area contributed by atoms with E-state index in [1.54, 1.807) is 6.08 Å². The van der Waals surface area contributed by atoms with Crippen LogP contribution in [0.1, 0.15) is 18.7 Å². The van der Waals surface area contributed by atoms with E-state index in [1.807, 2.05) is 37.3 Å². The molecule has 1 unspecified atom stereocenters. The summed E-state index contributed by atoms with van der Waals surface area (Å²) in [5.41, 5.74) is 0.836. The predicted octanol–water partition coefficient (Wildman–Crippen LogP) is 2.39. The van der Waals surface area contributed by atoms with Gasteiger partial charge < -0.3 is 15.1 Å². The quantitative estimate of drug-likeness (QED) is 0.618. The fourth-order valence-corrected chi connectivity index (χ4v) is 1.87. The van der Waals surface area contributed by atoms with Crippen LogP contribution in [0, 0.1) is 0 Å². The zero-order chi connectivity index (χ0) is 13.7. The van der Waals surface area contributed by atoms with E-state index in [0.717, 1.165) is 16.7 Å². The van der Waals surface area contributed by atoms with Gasteiger partial charge in [-0.1, -0.05) is 24.3 Å². The number of furan rings is 1. The summed E-state index contributed by atoms with van der Waals surface area (Å²) in [7, 11) is 0. The minimum absolute atomic E-state index is 0.0604. The van der Waals surface area contributed by atoms with Gasteiger partial charge in [-0.15, -0.1) is 6.58 Å². The van der Waals surface area contributed by atoms with Crippen molar-refractivity contribution in [2.24, 2.45) is 0 Å². The molecule has 0 radical (unpaired) electrons. The zero-order valence-corrected chi connectivity index (χ0v) is 11.0. The van der Waals surface area contributed by atoms with Crippen LogP contribution in [-0.4, -0.2) is 19.0 Å². The molecule has 1 atom stereocenters. The fraction of sp³-hybridized carbons (Fsp3) is 0.267. The number of nitrogens with one attached hydrogen (secondary N) is 2. The smallest absolute Gasteiger partial charge is 0.234 e. The van der Waals surface area contributed by atoms with Crippen LogP contribution < -0.4 is 10.6 Å². The van der Waals surface area contributed by atoms with Crippen molar-refractivity contribution in [3.05, 3.63) is 48.7 Å². The standard InChI is InChI=1S/C15H18N2O2/c1-3-8-16-10-15(18)17-11(2)14-9-12-6-4-5-7-13(12)19-14/h3-7,9,11,16H,1,8,10H2,2H3,(H,17,18). The number of amides is 1. The molecule has 2 N–H and O–H groups in total. The van der Waals surface area contributed by atoms with Crippen LogP contribution in [0.3, 0.4) is 0 Å². The van der Waals surface area contributed by atoms with Gasteiger partial charge in [-0.25, -0.2) is 0 Å². The molecule has 1 aromatic carbocycles. The number of fused-ring (bicyclic) bond motifs is 1. The third kappa shape index (κ3) is 3.45. The Kier molecular flexibility index (Phi) is 4.36. The predicted molar refractivity (Wildman–Crippen MR) is 75.8 cm³/mol. The topological polar surface area (TPSA) is 54.3 Å². The molecule has 0 saturated heterocycles. The number of carbonyl (C=O) groups excluding carboxylic acids is 1. The Labute approximate surface area is 112 Å². The SMILES string of the molecule is C=CCNCC(=O)NC(C)c1cc2ccccc2o1. The number of hydrogen-bond donors (Lipinski definition) is 2. The highest BCUT2D eigenvalue weighted by Gasteiger charge is 2.13. The van der Waals surface area contributed by atoms with Gasteiger partial charge in [0.05, 0.1) is 12.6 Å². The average Bonchev–Trinajstić information content (AvgIpc) is 2.83. The first kappa shape index (κ1) is 13.4. The van der Waals surface area contributed by atoms with Gasteiger partial charge in [0.1, 0.15) is 11.3 Å². The van der Waals surface area contributed by atoms with Crippen LogP contribution >= 0.6 is 0 Å². The van der Waals surface area contributed by atoms with E-state index >= 15 is 0 Å². The molecule has 4 nitrogen and oxygen atoms in total. The lowest BCUT2D eigenvalue weighted by molar-refractivity contribution is -0.120. The first-order chi connectivity index (χ1) is 9.20. The molecule has 0 fully saturated rings. The first-order valence-corrected chi connectivity index (χ1v) is 6.30. The summed E-state index contributed by atoms with van der Waals surface area (Å²) >= 11 is 0. The normalized spacial score (nSPS) is 12.3. The van der Waals surface area contributed by atoms with E-state index in [9.17, 15) is 4.79 Å². The van der Waals surface area contributed by atoms with Gasteiger partial charge in [0.25, 0.3) is 0 Å². The van der Waals surface area contributed by atoms with E-state index in [4.69, 9.17) is 4.42 Å². The van der Waals surface area contributed by atoms with Crippen molar-refractivity contribution in [1.82, 2.24) is 10.6 Å². The molecular formula is C15H18N2O2. The molecule has 0 bridgehead atoms. The van der Waals surface area contributed by atoms with Gasteiger partial charge in [-0.2, -0.15) is 0 Å². The molecule has 0 saturated carbocycles. The molecule has 19 heavy (non-hydrogen) atoms. The second kappa shape index (κ2) is 6.20. The lowest BCUT2D eigenvalue weighted by Crippen LogP contribution is -2.35. The summed E-state index contributed by atoms with van der Waals surface area (Å²) in [6.07, 6.45) is 1.72. The van der Waals surface area contributed by atoms with E-state index in [-0.39, 0.29) is 18.5 Å². The first-order valence-electron chi connectivity index (χ1n) is 6.30. The Morgan fingerprint density at radius 3 is 3.00 bits per heavy atom. The van der Waals surface area contributed by atoms with Crippen molar-refractivity contribution < 1.29 is 9.21 Å². The Bertz CT molecular complexity index is 541. The van der Waals surface area contributed by atoms with Crippen LogP contribution in [-0.2, 0) is 4.79 Å². The Balaban J connectivity index is 1.97. The fourth-order valence-electron chi connectivity index (χ4n) is 1.87. The van der Waals surface area contributed by atoms with Gasteiger partial charge in [-0.05, 0) is 19.1 Å². The van der Waals surface area contributed by atoms with Crippen molar-refractivity contribution in [1.29, 1.82) is 0 Å². The summed E-state index contributed by atoms with van der Waals surface area (Å²) < 4.78 is 5.71. The molecule has 0 spiro atoms. The number of benzene rings is 1. The van der Waals surface area contributed by atoms with Gasteiger partial charge in [0.15, 0.2) is 0 Å². The van der Waals surface area contributed by atoms with E-state index in [2.05, 4.69) is 17.2 Å². The minimum atomic E-state index is -0.148. The van der Waals surface area contributed by atoms with Crippen molar-refractivity contribution in [3.63, 3.8) is 0 Å². The van der Waals surface area contributed by atoms with Crippen molar-refractivity contribution >= 4 is 16.9 Å². The second-order valence-electron chi connectivity index (χ2n) is 4.40. The summed E-state index contributed by atoms with van der Waals surface area (Å²) in [4.78, 5) is 11.7. The number of carbonyl (C=O) groups is 1. The summed E-state index contributed by atoms with van der Waals surface area (Å²) in [6, 6.07) is 9.60. The maximum absolute atomic E-state index is 11.7. The number of rotatable bonds is 6. The maximum Gasteiger partial charge on any atom is 0.234 e. The third-order valence-electron chi connectivity index (χ3n) is 2.82. The minimum Gasteiger partial charge on any atom is -0.459 e. The summed E-state index contributed by atoms with van der Waals surface area (Å²) in [5.74, 6) is 0.702. The van der Waals surface area contributed by atoms with Crippen LogP contribution in [0.2, 0.25) is 0 Å². The highest BCUT2D eigenvalue weighted by atomic mass is 16.3. The molecule has 0 aliphatic heterocycles. The van der Waals surface area contributed by atoms with Crippen LogP contribution in [0.15, 0.2) is 47.4 Å². The van der Waals surface area contributed by atoms with Crippen molar-refractivity contribution in [3.8, 4) is 0 Å². The molecule has 1 heterocycles. The van der Waals surface area contributed by atoms with Crippen molar-refractivity contribution in [2.75, 3.05) is 13.1 Å². The third-order valence-corrected chi connectivity index (χ3v) is 2.82. The van der Waals surface area contributed by atoms with Gasteiger partial charge >= 0.3 is 0 Å². The lowest BCUT2D eigenvalue weighted by atomic mass is 10.2. The Hall–Kier alpha value is -2.07. The Morgan fingerprint density at radius 1 is 1.47 bits per heavy atom. The van der Waals surface area contributed by atoms with Crippen LogP contribution in [0.4, 0.5) is 0 Å². The monoisotopic (exact) mass is 258 g/mol. The lowest BCUT2D eigenvalue weighted by Gasteiger charge is -2.11. The molecule has 2 rings (SSSR count). The number of para-hydroxylation sites is 1. The van der Waals surface area contributed by atoms with E-state index in [1.165, 1.54) is 0 Å². The second-order valence-corrected chi connectivity index (χ2v) is 4.40. The largest absolute Gasteiger partial charge is 0.459 e. The zero-order valence-electron chi connectivity index (χ0n) is 11.0. The maximum atomic E-state index is 11.7. The van der Waals surface area contributed by atoms with Gasteiger partial charge in [0, 0.05) is 11.9 Å². The molecule has 4 heteroatoms. The van der Waals surface area contributed by atoms with Crippen LogP contribution in [0.25, 0.3) is 11.0 Å². The molecule has 100 valence electrons. The summed E-state index contributed by atoms with van der Waals surface area (Å²) in [5, 5.41) is 6.89. The number of hydrogen-bond acceptors (Lipinski definition) is 3. The van der Waals surface area contributed by atoms with E-state index in [0.29, 0.717) is 6.54 Å². The summed E-state index contributed by atoms with van der Waals surface area (Å²) in [6.45, 7) is 6.38. The highest BCUT2D eigenvalue weighted by molar-refractivity contribution is 5.80.